The van der Waals surface area contributed by atoms with E-state index in [4.69, 9.17) is 20.5 Å². The third kappa shape index (κ3) is 4.73. The summed E-state index contributed by atoms with van der Waals surface area (Å²) in [5.74, 6) is 0.949. The van der Waals surface area contributed by atoms with Crippen molar-refractivity contribution in [3.63, 3.8) is 0 Å². The molecule has 0 saturated heterocycles. The molecule has 0 aliphatic rings. The molecule has 8 heteroatoms. The second-order valence-corrected chi connectivity index (χ2v) is 4.51. The first-order valence-corrected chi connectivity index (χ1v) is 6.24. The first kappa shape index (κ1) is 15.2. The average molecular weight is 343 g/mol. The molecule has 6 nitrogen and oxygen atoms in total. The average Bonchev–Trinajstić information content (AvgIpc) is 2.36. The number of nitrogens with two attached hydrogens (primary N) is 1. The van der Waals surface area contributed by atoms with Gasteiger partial charge < -0.3 is 15.2 Å². The van der Waals surface area contributed by atoms with E-state index in [1.807, 2.05) is 6.07 Å². The summed E-state index contributed by atoms with van der Waals surface area (Å²) in [5.41, 5.74) is 8.44. The molecule has 100 valence electrons. The molecule has 1 aromatic carbocycles. The van der Waals surface area contributed by atoms with Crippen molar-refractivity contribution in [3.8, 4) is 17.6 Å². The smallest absolute Gasteiger partial charge is 0.184 e. The van der Waals surface area contributed by atoms with Gasteiger partial charge in [-0.15, -0.1) is 0 Å². The van der Waals surface area contributed by atoms with E-state index in [-0.39, 0.29) is 11.7 Å². The number of thiocarbonyl (C=S) groups is 1. The van der Waals surface area contributed by atoms with Gasteiger partial charge in [-0.05, 0) is 45.8 Å². The first-order chi connectivity index (χ1) is 9.08. The van der Waals surface area contributed by atoms with Gasteiger partial charge in [0.1, 0.15) is 6.07 Å². The molecule has 0 amide bonds. The van der Waals surface area contributed by atoms with Crippen molar-refractivity contribution in [2.75, 3.05) is 13.7 Å². The maximum atomic E-state index is 8.52. The fraction of sp³-hybridized carbons (Fsp3) is 0.182. The Morgan fingerprint density at radius 1 is 1.68 bits per heavy atom. The Balaban J connectivity index is 2.99. The topological polar surface area (TPSA) is 92.7 Å². The number of methoxy groups -OCH3 is 1. The molecular formula is C11H11BrN4O2S. The summed E-state index contributed by atoms with van der Waals surface area (Å²) >= 11 is 7.97. The summed E-state index contributed by atoms with van der Waals surface area (Å²) in [6, 6.07) is 5.37. The minimum Gasteiger partial charge on any atom is -0.493 e. The Hall–Kier alpha value is -1.85. The number of rotatable bonds is 5. The molecule has 0 unspecified atom stereocenters. The maximum absolute atomic E-state index is 8.52. The number of benzene rings is 1. The van der Waals surface area contributed by atoms with Gasteiger partial charge in [0.25, 0.3) is 0 Å². The van der Waals surface area contributed by atoms with Crippen LogP contribution in [0.5, 0.6) is 11.5 Å². The zero-order chi connectivity index (χ0) is 14.3. The van der Waals surface area contributed by atoms with Crippen molar-refractivity contribution in [2.45, 2.75) is 0 Å². The lowest BCUT2D eigenvalue weighted by Gasteiger charge is -2.11. The highest BCUT2D eigenvalue weighted by Crippen LogP contribution is 2.36. The molecule has 1 rings (SSSR count). The van der Waals surface area contributed by atoms with E-state index in [9.17, 15) is 0 Å². The highest BCUT2D eigenvalue weighted by atomic mass is 79.9. The molecule has 0 atom stereocenters. The van der Waals surface area contributed by atoms with Gasteiger partial charge in [0.15, 0.2) is 23.2 Å². The van der Waals surface area contributed by atoms with Gasteiger partial charge in [0.2, 0.25) is 0 Å². The summed E-state index contributed by atoms with van der Waals surface area (Å²) in [5, 5.41) is 12.4. The number of halogens is 1. The lowest BCUT2D eigenvalue weighted by Crippen LogP contribution is -2.23. The van der Waals surface area contributed by atoms with Crippen molar-refractivity contribution in [1.82, 2.24) is 5.43 Å². The maximum Gasteiger partial charge on any atom is 0.184 e. The third-order valence-corrected chi connectivity index (χ3v) is 2.60. The first-order valence-electron chi connectivity index (χ1n) is 5.04. The van der Waals surface area contributed by atoms with Crippen molar-refractivity contribution in [3.05, 3.63) is 22.2 Å². The van der Waals surface area contributed by atoms with Crippen LogP contribution in [0, 0.1) is 11.3 Å². The molecule has 0 spiro atoms. The normalized spacial score (nSPS) is 9.95. The molecule has 0 aliphatic carbocycles. The Morgan fingerprint density at radius 3 is 3.00 bits per heavy atom. The van der Waals surface area contributed by atoms with Crippen LogP contribution in [0.25, 0.3) is 0 Å². The number of hydrogen-bond acceptors (Lipinski definition) is 5. The summed E-state index contributed by atoms with van der Waals surface area (Å²) < 4.78 is 11.1. The van der Waals surface area contributed by atoms with Crippen molar-refractivity contribution >= 4 is 39.5 Å². The Kier molecular flexibility index (Phi) is 6.05. The van der Waals surface area contributed by atoms with Gasteiger partial charge in [0, 0.05) is 0 Å². The van der Waals surface area contributed by atoms with Gasteiger partial charge in [-0.1, -0.05) is 0 Å². The molecule has 0 heterocycles. The lowest BCUT2D eigenvalue weighted by atomic mass is 10.2. The zero-order valence-corrected chi connectivity index (χ0v) is 12.4. The number of nitrogens with zero attached hydrogens (tertiary/aromatic N) is 2. The van der Waals surface area contributed by atoms with Crippen molar-refractivity contribution in [2.24, 2.45) is 10.8 Å². The van der Waals surface area contributed by atoms with Gasteiger partial charge in [-0.25, -0.2) is 0 Å². The van der Waals surface area contributed by atoms with E-state index < -0.39 is 0 Å². The monoisotopic (exact) mass is 342 g/mol. The standard InChI is InChI=1S/C11H11BrN4O2S/c1-17-9-5-7(6-15-16-11(14)19)4-8(12)10(9)18-3-2-13/h4-6H,3H2,1H3,(H3,14,16,19)/b15-6-. The summed E-state index contributed by atoms with van der Waals surface area (Å²) in [4.78, 5) is 0. The summed E-state index contributed by atoms with van der Waals surface area (Å²) in [6.07, 6.45) is 1.53. The molecule has 19 heavy (non-hydrogen) atoms. The molecular weight excluding hydrogens is 332 g/mol. The SMILES string of the molecule is COc1cc(/C=N\NC(N)=S)cc(Br)c1OCC#N. The van der Waals surface area contributed by atoms with E-state index >= 15 is 0 Å². The van der Waals surface area contributed by atoms with Crippen LogP contribution >= 0.6 is 28.1 Å². The van der Waals surface area contributed by atoms with E-state index in [1.165, 1.54) is 13.3 Å². The molecule has 3 N–H and O–H groups in total. The van der Waals surface area contributed by atoms with Gasteiger partial charge in [-0.2, -0.15) is 10.4 Å². The molecule has 1 aromatic rings. The van der Waals surface area contributed by atoms with Gasteiger partial charge >= 0.3 is 0 Å². The highest BCUT2D eigenvalue weighted by molar-refractivity contribution is 9.10. The second kappa shape index (κ2) is 7.56. The number of hydrazone groups is 1. The van der Waals surface area contributed by atoms with Crippen LogP contribution in [0.15, 0.2) is 21.7 Å². The van der Waals surface area contributed by atoms with Crippen LogP contribution in [0.2, 0.25) is 0 Å². The second-order valence-electron chi connectivity index (χ2n) is 3.22. The van der Waals surface area contributed by atoms with E-state index in [0.717, 1.165) is 5.56 Å². The van der Waals surface area contributed by atoms with Crippen LogP contribution in [-0.2, 0) is 0 Å². The van der Waals surface area contributed by atoms with Gasteiger partial charge in [0.05, 0.1) is 17.8 Å². The van der Waals surface area contributed by atoms with E-state index in [2.05, 4.69) is 38.7 Å². The summed E-state index contributed by atoms with van der Waals surface area (Å²) in [7, 11) is 1.51. The number of nitriles is 1. The zero-order valence-electron chi connectivity index (χ0n) is 10.0. The van der Waals surface area contributed by atoms with E-state index in [0.29, 0.717) is 16.0 Å². The Bertz CT molecular complexity index is 542. The number of nitrogens with one attached hydrogen (secondary N) is 1. The fourth-order valence-corrected chi connectivity index (χ4v) is 1.86. The minimum absolute atomic E-state index is 0.0641. The molecule has 0 saturated carbocycles. The molecule has 0 radical (unpaired) electrons. The van der Waals surface area contributed by atoms with Crippen LogP contribution in [0.1, 0.15) is 5.56 Å². The molecule has 0 aliphatic heterocycles. The number of hydrogen-bond donors (Lipinski definition) is 2. The quantitative estimate of drug-likeness (QED) is 0.478. The van der Waals surface area contributed by atoms with Crippen LogP contribution in [0.4, 0.5) is 0 Å². The molecule has 0 bridgehead atoms. The van der Waals surface area contributed by atoms with Crippen molar-refractivity contribution < 1.29 is 9.47 Å². The highest BCUT2D eigenvalue weighted by Gasteiger charge is 2.10. The predicted molar refractivity (Wildman–Crippen MR) is 79.3 cm³/mol. The van der Waals surface area contributed by atoms with Crippen LogP contribution < -0.4 is 20.6 Å². The van der Waals surface area contributed by atoms with Gasteiger partial charge in [-0.3, -0.25) is 5.43 Å². The Morgan fingerprint density at radius 2 is 2.42 bits per heavy atom. The molecule has 0 fully saturated rings. The predicted octanol–water partition coefficient (Wildman–Crippen LogP) is 1.53. The third-order valence-electron chi connectivity index (χ3n) is 1.92. The fourth-order valence-electron chi connectivity index (χ4n) is 1.23. The molecule has 0 aromatic heterocycles. The Labute approximate surface area is 124 Å². The minimum atomic E-state index is -0.0641. The van der Waals surface area contributed by atoms with Crippen LogP contribution in [-0.4, -0.2) is 25.0 Å². The lowest BCUT2D eigenvalue weighted by molar-refractivity contribution is 0.327. The van der Waals surface area contributed by atoms with Crippen LogP contribution in [0.3, 0.4) is 0 Å². The van der Waals surface area contributed by atoms with Crippen molar-refractivity contribution in [1.29, 1.82) is 5.26 Å². The van der Waals surface area contributed by atoms with E-state index in [1.54, 1.807) is 12.1 Å². The number of ether oxygens (including phenoxy) is 2. The summed E-state index contributed by atoms with van der Waals surface area (Å²) in [6.45, 7) is -0.0641. The largest absolute Gasteiger partial charge is 0.493 e.